The van der Waals surface area contributed by atoms with Crippen LogP contribution in [-0.4, -0.2) is 52.7 Å². The molecule has 180 valence electrons. The van der Waals surface area contributed by atoms with E-state index >= 15 is 0 Å². The number of rotatable bonds is 7. The molecule has 8 nitrogen and oxygen atoms in total. The molecule has 0 spiro atoms. The van der Waals surface area contributed by atoms with E-state index in [9.17, 15) is 8.42 Å². The van der Waals surface area contributed by atoms with Gasteiger partial charge in [-0.05, 0) is 38.1 Å². The van der Waals surface area contributed by atoms with Crippen LogP contribution in [0, 0.1) is 0 Å². The number of methoxy groups -OCH3 is 1. The van der Waals surface area contributed by atoms with Crippen molar-refractivity contribution in [1.82, 2.24) is 15.0 Å². The van der Waals surface area contributed by atoms with E-state index in [1.54, 1.807) is 51.4 Å². The van der Waals surface area contributed by atoms with Gasteiger partial charge in [-0.1, -0.05) is 18.2 Å². The average molecular weight is 482 g/mol. The maximum absolute atomic E-state index is 13.0. The van der Waals surface area contributed by atoms with Crippen LogP contribution in [-0.2, 0) is 10.0 Å². The van der Waals surface area contributed by atoms with Crippen molar-refractivity contribution in [2.45, 2.75) is 24.8 Å². The van der Waals surface area contributed by atoms with Crippen molar-refractivity contribution in [3.8, 4) is 28.0 Å². The van der Waals surface area contributed by atoms with Crippen LogP contribution in [0.4, 0.5) is 11.5 Å². The van der Waals surface area contributed by atoms with Crippen LogP contribution in [0.3, 0.4) is 0 Å². The minimum absolute atomic E-state index is 0.162. The van der Waals surface area contributed by atoms with Gasteiger partial charge in [0, 0.05) is 72.4 Å². The summed E-state index contributed by atoms with van der Waals surface area (Å²) < 4.78 is 34.3. The third-order valence-electron chi connectivity index (χ3n) is 5.75. The van der Waals surface area contributed by atoms with Crippen LogP contribution >= 0.6 is 0 Å². The van der Waals surface area contributed by atoms with E-state index in [4.69, 9.17) is 10.5 Å². The molecular weight excluding hydrogens is 450 g/mol. The van der Waals surface area contributed by atoms with Crippen molar-refractivity contribution < 1.29 is 13.2 Å². The van der Waals surface area contributed by atoms with Gasteiger partial charge in [-0.3, -0.25) is 0 Å². The highest BCUT2D eigenvalue weighted by molar-refractivity contribution is 7.89. The van der Waals surface area contributed by atoms with E-state index in [1.807, 2.05) is 18.2 Å². The molecule has 1 fully saturated rings. The Kier molecular flexibility index (Phi) is 7.06. The Bertz CT molecular complexity index is 1270. The van der Waals surface area contributed by atoms with E-state index < -0.39 is 10.0 Å². The summed E-state index contributed by atoms with van der Waals surface area (Å²) in [4.78, 5) is 6.87. The second-order valence-electron chi connectivity index (χ2n) is 8.55. The van der Waals surface area contributed by atoms with Gasteiger partial charge in [0.15, 0.2) is 0 Å². The van der Waals surface area contributed by atoms with Gasteiger partial charge in [0.1, 0.15) is 11.6 Å². The van der Waals surface area contributed by atoms with E-state index in [2.05, 4.69) is 26.0 Å². The summed E-state index contributed by atoms with van der Waals surface area (Å²) in [7, 11) is -2.09. The van der Waals surface area contributed by atoms with E-state index in [1.165, 1.54) is 0 Å². The molecular formula is C25H31N5O3S. The zero-order chi connectivity index (χ0) is 24.3. The first kappa shape index (κ1) is 24.0. The highest BCUT2D eigenvalue weighted by Crippen LogP contribution is 2.38. The lowest BCUT2D eigenvalue weighted by molar-refractivity contribution is 0.416. The molecule has 3 aromatic rings. The normalized spacial score (nSPS) is 14.4. The van der Waals surface area contributed by atoms with Crippen molar-refractivity contribution in [2.24, 2.45) is 0 Å². The SMILES string of the molecule is COc1cc(N2CCNCC2)ccc1-c1cnc(N)c(-c2ccccc2S(=O)(=O)NC(C)C)c1. The summed E-state index contributed by atoms with van der Waals surface area (Å²) in [5.41, 5.74) is 10.0. The molecule has 9 heteroatoms. The molecule has 4 rings (SSSR count). The van der Waals surface area contributed by atoms with E-state index in [0.29, 0.717) is 11.1 Å². The zero-order valence-corrected chi connectivity index (χ0v) is 20.5. The van der Waals surface area contributed by atoms with Crippen molar-refractivity contribution in [3.05, 3.63) is 54.7 Å². The lowest BCUT2D eigenvalue weighted by Gasteiger charge is -2.30. The summed E-state index contributed by atoms with van der Waals surface area (Å²) in [5.74, 6) is 0.975. The highest BCUT2D eigenvalue weighted by atomic mass is 32.2. The molecule has 0 bridgehead atoms. The molecule has 0 atom stereocenters. The van der Waals surface area contributed by atoms with Gasteiger partial charge in [-0.2, -0.15) is 0 Å². The number of nitrogens with zero attached hydrogens (tertiary/aromatic N) is 2. The first-order valence-corrected chi connectivity index (χ1v) is 12.8. The number of piperazine rings is 1. The van der Waals surface area contributed by atoms with Gasteiger partial charge in [0.2, 0.25) is 10.0 Å². The molecule has 34 heavy (non-hydrogen) atoms. The number of nitrogen functional groups attached to an aromatic ring is 1. The van der Waals surface area contributed by atoms with Crippen LogP contribution in [0.5, 0.6) is 5.75 Å². The van der Waals surface area contributed by atoms with E-state index in [-0.39, 0.29) is 16.8 Å². The van der Waals surface area contributed by atoms with Gasteiger partial charge in [-0.25, -0.2) is 18.1 Å². The Hall–Kier alpha value is -3.14. The molecule has 1 saturated heterocycles. The van der Waals surface area contributed by atoms with Crippen molar-refractivity contribution in [1.29, 1.82) is 0 Å². The summed E-state index contributed by atoms with van der Waals surface area (Å²) >= 11 is 0. The number of pyridine rings is 1. The fraction of sp³-hybridized carbons (Fsp3) is 0.320. The largest absolute Gasteiger partial charge is 0.496 e. The number of hydrogen-bond donors (Lipinski definition) is 3. The molecule has 0 saturated carbocycles. The van der Waals surface area contributed by atoms with Gasteiger partial charge in [0.05, 0.1) is 12.0 Å². The van der Waals surface area contributed by atoms with Crippen LogP contribution in [0.1, 0.15) is 13.8 Å². The number of nitrogens with one attached hydrogen (secondary N) is 2. The molecule has 2 heterocycles. The van der Waals surface area contributed by atoms with Gasteiger partial charge in [0.25, 0.3) is 0 Å². The second-order valence-corrected chi connectivity index (χ2v) is 10.2. The molecule has 0 aliphatic carbocycles. The standard InChI is InChI=1S/C25H31N5O3S/c1-17(2)29-34(31,32)24-7-5-4-6-21(24)22-14-18(16-28-25(22)26)20-9-8-19(15-23(20)33-3)30-12-10-27-11-13-30/h4-9,14-17,27,29H,10-13H2,1-3H3,(H2,26,28). The van der Waals surface area contributed by atoms with Gasteiger partial charge < -0.3 is 20.7 Å². The predicted octanol–water partition coefficient (Wildman–Crippen LogP) is 3.10. The fourth-order valence-electron chi connectivity index (χ4n) is 4.17. The predicted molar refractivity (Wildman–Crippen MR) is 137 cm³/mol. The maximum Gasteiger partial charge on any atom is 0.241 e. The monoisotopic (exact) mass is 481 g/mol. The van der Waals surface area contributed by atoms with Gasteiger partial charge >= 0.3 is 0 Å². The first-order valence-electron chi connectivity index (χ1n) is 11.3. The van der Waals surface area contributed by atoms with Crippen molar-refractivity contribution in [2.75, 3.05) is 43.9 Å². The lowest BCUT2D eigenvalue weighted by atomic mass is 10.00. The number of aromatic nitrogens is 1. The highest BCUT2D eigenvalue weighted by Gasteiger charge is 2.22. The number of benzene rings is 2. The third-order valence-corrected chi connectivity index (χ3v) is 7.47. The van der Waals surface area contributed by atoms with Crippen molar-refractivity contribution >= 4 is 21.5 Å². The Morgan fingerprint density at radius 2 is 1.79 bits per heavy atom. The maximum atomic E-state index is 13.0. The van der Waals surface area contributed by atoms with Crippen LogP contribution in [0.25, 0.3) is 22.3 Å². The quantitative estimate of drug-likeness (QED) is 0.476. The molecule has 0 radical (unpaired) electrons. The molecule has 4 N–H and O–H groups in total. The number of anilines is 2. The molecule has 0 unspecified atom stereocenters. The third kappa shape index (κ3) is 5.01. The Morgan fingerprint density at radius 3 is 2.50 bits per heavy atom. The number of nitrogens with two attached hydrogens (primary N) is 1. The molecule has 1 aliphatic rings. The lowest BCUT2D eigenvalue weighted by Crippen LogP contribution is -2.43. The Labute approximate surface area is 201 Å². The molecule has 1 aromatic heterocycles. The minimum Gasteiger partial charge on any atom is -0.496 e. The van der Waals surface area contributed by atoms with Crippen LogP contribution < -0.4 is 25.4 Å². The summed E-state index contributed by atoms with van der Waals surface area (Å²) in [6, 6.07) is 14.6. The summed E-state index contributed by atoms with van der Waals surface area (Å²) in [6.07, 6.45) is 1.69. The summed E-state index contributed by atoms with van der Waals surface area (Å²) in [5, 5.41) is 3.36. The second kappa shape index (κ2) is 10.0. The smallest absolute Gasteiger partial charge is 0.241 e. The number of ether oxygens (including phenoxy) is 1. The molecule has 1 aliphatic heterocycles. The minimum atomic E-state index is -3.73. The Morgan fingerprint density at radius 1 is 1.06 bits per heavy atom. The van der Waals surface area contributed by atoms with Crippen molar-refractivity contribution in [3.63, 3.8) is 0 Å². The average Bonchev–Trinajstić information content (AvgIpc) is 2.84. The van der Waals surface area contributed by atoms with Gasteiger partial charge in [-0.15, -0.1) is 0 Å². The zero-order valence-electron chi connectivity index (χ0n) is 19.7. The number of hydrogen-bond acceptors (Lipinski definition) is 7. The molecule has 2 aromatic carbocycles. The Balaban J connectivity index is 1.77. The topological polar surface area (TPSA) is 110 Å². The van der Waals surface area contributed by atoms with E-state index in [0.717, 1.165) is 48.7 Å². The molecule has 0 amide bonds. The first-order chi connectivity index (χ1) is 16.3. The summed E-state index contributed by atoms with van der Waals surface area (Å²) in [6.45, 7) is 7.34. The number of sulfonamides is 1. The van der Waals surface area contributed by atoms with Crippen LogP contribution in [0.2, 0.25) is 0 Å². The van der Waals surface area contributed by atoms with Crippen LogP contribution in [0.15, 0.2) is 59.6 Å². The fourth-order valence-corrected chi connectivity index (χ4v) is 5.65.